The van der Waals surface area contributed by atoms with Gasteiger partial charge in [0.1, 0.15) is 23.4 Å². The summed E-state index contributed by atoms with van der Waals surface area (Å²) in [6.07, 6.45) is 2.17. The molecular weight excluding hydrogens is 426 g/mol. The van der Waals surface area contributed by atoms with Crippen LogP contribution in [0.1, 0.15) is 41.9 Å². The second kappa shape index (κ2) is 9.90. The lowest BCUT2D eigenvalue weighted by Crippen LogP contribution is -2.53. The molecule has 0 aromatic heterocycles. The molecule has 2 aliphatic heterocycles. The van der Waals surface area contributed by atoms with Crippen LogP contribution in [-0.2, 0) is 11.2 Å². The fourth-order valence-electron chi connectivity index (χ4n) is 5.05. The number of fused-ring (bicyclic) bond motifs is 1. The number of methoxy groups -OCH3 is 1. The maximum absolute atomic E-state index is 13.2. The van der Waals surface area contributed by atoms with E-state index in [1.165, 1.54) is 6.42 Å². The van der Waals surface area contributed by atoms with Crippen LogP contribution in [0, 0.1) is 0 Å². The molecular formula is C29H31NO4. The number of rotatable bonds is 8. The first-order valence-electron chi connectivity index (χ1n) is 12.1. The molecule has 5 nitrogen and oxygen atoms in total. The van der Waals surface area contributed by atoms with Crippen molar-refractivity contribution in [2.45, 2.75) is 37.7 Å². The highest BCUT2D eigenvalue weighted by Crippen LogP contribution is 2.45. The van der Waals surface area contributed by atoms with Gasteiger partial charge in [0.05, 0.1) is 13.0 Å². The van der Waals surface area contributed by atoms with Crippen LogP contribution in [0.25, 0.3) is 0 Å². The Morgan fingerprint density at radius 1 is 0.971 bits per heavy atom. The average Bonchev–Trinajstić information content (AvgIpc) is 2.84. The van der Waals surface area contributed by atoms with Crippen LogP contribution < -0.4 is 14.2 Å². The van der Waals surface area contributed by atoms with Crippen molar-refractivity contribution in [1.29, 1.82) is 0 Å². The van der Waals surface area contributed by atoms with Crippen molar-refractivity contribution in [3.8, 4) is 17.2 Å². The van der Waals surface area contributed by atoms with Gasteiger partial charge in [0.25, 0.3) is 0 Å². The number of carbonyl (C=O) groups excluding carboxylic acids is 1. The first-order chi connectivity index (χ1) is 16.6. The Labute approximate surface area is 201 Å². The molecule has 3 aromatic carbocycles. The molecule has 34 heavy (non-hydrogen) atoms. The van der Waals surface area contributed by atoms with E-state index in [4.69, 9.17) is 14.2 Å². The van der Waals surface area contributed by atoms with Gasteiger partial charge in [0, 0.05) is 25.1 Å². The summed E-state index contributed by atoms with van der Waals surface area (Å²) in [5.41, 5.74) is 3.16. The van der Waals surface area contributed by atoms with E-state index in [2.05, 4.69) is 24.0 Å². The molecule has 0 spiro atoms. The Morgan fingerprint density at radius 2 is 1.71 bits per heavy atom. The molecule has 0 N–H and O–H groups in total. The van der Waals surface area contributed by atoms with Crippen LogP contribution in [-0.4, -0.2) is 43.7 Å². The molecule has 0 saturated carbocycles. The zero-order valence-corrected chi connectivity index (χ0v) is 19.8. The molecule has 0 amide bonds. The minimum Gasteiger partial charge on any atom is -0.497 e. The first kappa shape index (κ1) is 22.5. The van der Waals surface area contributed by atoms with Gasteiger partial charge in [-0.2, -0.15) is 0 Å². The summed E-state index contributed by atoms with van der Waals surface area (Å²) >= 11 is 0. The van der Waals surface area contributed by atoms with Gasteiger partial charge in [-0.25, -0.2) is 0 Å². The predicted octanol–water partition coefficient (Wildman–Crippen LogP) is 5.20. The van der Waals surface area contributed by atoms with E-state index in [9.17, 15) is 4.79 Å². The SMILES string of the molecule is CCCN1CC(Oc2ccc(CC3c4ccc(OC)cc4OC(=O)C3c3ccccc3)cc2)C1. The van der Waals surface area contributed by atoms with E-state index < -0.39 is 0 Å². The van der Waals surface area contributed by atoms with Crippen LogP contribution in [0.5, 0.6) is 17.2 Å². The van der Waals surface area contributed by atoms with Crippen molar-refractivity contribution in [1.82, 2.24) is 4.90 Å². The molecule has 0 bridgehead atoms. The van der Waals surface area contributed by atoms with E-state index in [-0.39, 0.29) is 23.9 Å². The topological polar surface area (TPSA) is 48.0 Å². The second-order valence-corrected chi connectivity index (χ2v) is 9.17. The summed E-state index contributed by atoms with van der Waals surface area (Å²) in [5.74, 6) is 1.54. The number of hydrogen-bond acceptors (Lipinski definition) is 5. The van der Waals surface area contributed by atoms with Gasteiger partial charge in [-0.1, -0.05) is 55.5 Å². The number of hydrogen-bond donors (Lipinski definition) is 0. The van der Waals surface area contributed by atoms with Crippen molar-refractivity contribution in [3.63, 3.8) is 0 Å². The van der Waals surface area contributed by atoms with E-state index in [0.29, 0.717) is 11.5 Å². The van der Waals surface area contributed by atoms with Crippen molar-refractivity contribution in [2.75, 3.05) is 26.7 Å². The van der Waals surface area contributed by atoms with Crippen molar-refractivity contribution < 1.29 is 19.0 Å². The van der Waals surface area contributed by atoms with Crippen LogP contribution in [0.4, 0.5) is 0 Å². The van der Waals surface area contributed by atoms with E-state index in [0.717, 1.165) is 48.5 Å². The third-order valence-corrected chi connectivity index (χ3v) is 6.79. The molecule has 3 aromatic rings. The molecule has 0 aliphatic carbocycles. The lowest BCUT2D eigenvalue weighted by Gasteiger charge is -2.38. The Hall–Kier alpha value is -3.31. The molecule has 176 valence electrons. The first-order valence-corrected chi connectivity index (χ1v) is 12.1. The molecule has 2 aliphatic rings. The number of nitrogens with zero attached hydrogens (tertiary/aromatic N) is 1. The largest absolute Gasteiger partial charge is 0.497 e. The molecule has 1 fully saturated rings. The average molecular weight is 458 g/mol. The van der Waals surface area contributed by atoms with Crippen LogP contribution in [0.2, 0.25) is 0 Å². The van der Waals surface area contributed by atoms with Crippen LogP contribution in [0.3, 0.4) is 0 Å². The molecule has 0 radical (unpaired) electrons. The van der Waals surface area contributed by atoms with Gasteiger partial charge in [0.2, 0.25) is 0 Å². The highest BCUT2D eigenvalue weighted by atomic mass is 16.5. The molecule has 5 rings (SSSR count). The normalized spacial score (nSPS) is 20.2. The number of carbonyl (C=O) groups is 1. The Balaban J connectivity index is 1.37. The van der Waals surface area contributed by atoms with Crippen LogP contribution >= 0.6 is 0 Å². The molecule has 2 heterocycles. The maximum Gasteiger partial charge on any atom is 0.319 e. The smallest absolute Gasteiger partial charge is 0.319 e. The fraction of sp³-hybridized carbons (Fsp3) is 0.345. The third kappa shape index (κ3) is 4.66. The summed E-state index contributed by atoms with van der Waals surface area (Å²) in [4.78, 5) is 15.6. The maximum atomic E-state index is 13.2. The third-order valence-electron chi connectivity index (χ3n) is 6.79. The monoisotopic (exact) mass is 457 g/mol. The van der Waals surface area contributed by atoms with E-state index in [1.807, 2.05) is 54.6 Å². The minimum absolute atomic E-state index is 0.0365. The minimum atomic E-state index is -0.363. The van der Waals surface area contributed by atoms with E-state index >= 15 is 0 Å². The second-order valence-electron chi connectivity index (χ2n) is 9.17. The summed E-state index contributed by atoms with van der Waals surface area (Å²) in [6, 6.07) is 24.0. The quantitative estimate of drug-likeness (QED) is 0.344. The zero-order chi connectivity index (χ0) is 23.5. The zero-order valence-electron chi connectivity index (χ0n) is 19.8. The van der Waals surface area contributed by atoms with Gasteiger partial charge in [0.15, 0.2) is 0 Å². The van der Waals surface area contributed by atoms with Gasteiger partial charge >= 0.3 is 5.97 Å². The van der Waals surface area contributed by atoms with Gasteiger partial charge in [-0.15, -0.1) is 0 Å². The fourth-order valence-corrected chi connectivity index (χ4v) is 5.05. The Bertz CT molecular complexity index is 1120. The number of benzene rings is 3. The highest BCUT2D eigenvalue weighted by Gasteiger charge is 2.39. The Morgan fingerprint density at radius 3 is 2.41 bits per heavy atom. The predicted molar refractivity (Wildman–Crippen MR) is 132 cm³/mol. The van der Waals surface area contributed by atoms with Crippen molar-refractivity contribution in [3.05, 3.63) is 89.5 Å². The summed E-state index contributed by atoms with van der Waals surface area (Å²) in [6.45, 7) is 5.34. The lowest BCUT2D eigenvalue weighted by atomic mass is 9.76. The van der Waals surface area contributed by atoms with Crippen LogP contribution in [0.15, 0.2) is 72.8 Å². The summed E-state index contributed by atoms with van der Waals surface area (Å²) < 4.78 is 17.3. The van der Waals surface area contributed by atoms with Gasteiger partial charge in [-0.05, 0) is 54.3 Å². The highest BCUT2D eigenvalue weighted by molar-refractivity contribution is 5.84. The van der Waals surface area contributed by atoms with Gasteiger partial charge in [-0.3, -0.25) is 9.69 Å². The molecule has 2 atom stereocenters. The lowest BCUT2D eigenvalue weighted by molar-refractivity contribution is -0.138. The molecule has 2 unspecified atom stereocenters. The van der Waals surface area contributed by atoms with Crippen molar-refractivity contribution in [2.24, 2.45) is 0 Å². The van der Waals surface area contributed by atoms with E-state index in [1.54, 1.807) is 13.2 Å². The number of likely N-dealkylation sites (tertiary alicyclic amines) is 1. The van der Waals surface area contributed by atoms with Crippen molar-refractivity contribution >= 4 is 5.97 Å². The standard InChI is InChI=1S/C29H31NO4/c1-3-15-30-18-24(19-30)33-22-11-9-20(10-12-22)16-26-25-14-13-23(32-2)17-27(25)34-29(31)28(26)21-7-5-4-6-8-21/h4-14,17,24,26,28H,3,15-16,18-19H2,1-2H3. The number of ether oxygens (including phenoxy) is 3. The molecule has 5 heteroatoms. The molecule has 1 saturated heterocycles. The summed E-state index contributed by atoms with van der Waals surface area (Å²) in [5, 5.41) is 0. The Kier molecular flexibility index (Phi) is 6.54. The number of esters is 1. The van der Waals surface area contributed by atoms with Gasteiger partial charge < -0.3 is 14.2 Å². The summed E-state index contributed by atoms with van der Waals surface area (Å²) in [7, 11) is 1.62.